The van der Waals surface area contributed by atoms with Gasteiger partial charge in [0.15, 0.2) is 0 Å². The molecule has 1 radical (unpaired) electrons. The van der Waals surface area contributed by atoms with Crippen LogP contribution in [-0.2, 0) is 16.8 Å². The van der Waals surface area contributed by atoms with Crippen molar-refractivity contribution < 1.29 is 36.9 Å². The number of hydrogen-bond donors (Lipinski definition) is 2. The van der Waals surface area contributed by atoms with E-state index in [1.54, 1.807) is 0 Å². The third-order valence-corrected chi connectivity index (χ3v) is 8.58. The molecule has 7 nitrogen and oxygen atoms in total. The number of pyridine rings is 1. The molecular formula is C42H52CoN3O4-. The number of hydrogen-bond acceptors (Lipinski definition) is 6. The summed E-state index contributed by atoms with van der Waals surface area (Å²) in [5.74, 6) is -1.76. The Labute approximate surface area is 308 Å². The van der Waals surface area contributed by atoms with Crippen LogP contribution in [0.5, 0.6) is 11.5 Å². The van der Waals surface area contributed by atoms with Gasteiger partial charge in [-0.15, -0.1) is 0 Å². The van der Waals surface area contributed by atoms with Gasteiger partial charge in [-0.25, -0.2) is 9.78 Å². The Bertz CT molecular complexity index is 1780. The quantitative estimate of drug-likeness (QED) is 0.167. The van der Waals surface area contributed by atoms with Crippen LogP contribution in [0.2, 0.25) is 0 Å². The van der Waals surface area contributed by atoms with Gasteiger partial charge in [-0.1, -0.05) is 104 Å². The van der Waals surface area contributed by atoms with Crippen LogP contribution >= 0.6 is 0 Å². The number of aliphatic imine (C=N–C) groups is 2. The topological polar surface area (TPSA) is 118 Å². The third-order valence-electron chi connectivity index (χ3n) is 8.58. The average Bonchev–Trinajstić information content (AvgIpc) is 3.03. The number of aromatic carboxylic acids is 1. The van der Waals surface area contributed by atoms with Crippen LogP contribution in [0.3, 0.4) is 0 Å². The minimum absolute atomic E-state index is 0. The van der Waals surface area contributed by atoms with E-state index < -0.39 is 17.5 Å². The Hall–Kier alpha value is -4.27. The van der Waals surface area contributed by atoms with Crippen molar-refractivity contribution in [1.82, 2.24) is 4.98 Å². The fraction of sp³-hybridized carbons (Fsp3) is 0.381. The van der Waals surface area contributed by atoms with E-state index in [2.05, 4.69) is 77.9 Å². The van der Waals surface area contributed by atoms with Crippen molar-refractivity contribution in [3.63, 3.8) is 0 Å². The second-order valence-corrected chi connectivity index (χ2v) is 13.9. The first-order valence-corrected chi connectivity index (χ1v) is 17.0. The fourth-order valence-corrected chi connectivity index (χ4v) is 5.89. The molecule has 0 bridgehead atoms. The summed E-state index contributed by atoms with van der Waals surface area (Å²) in [7, 11) is 0. The molecule has 3 aromatic carbocycles. The maximum Gasteiger partial charge on any atom is 0.335 e. The molecule has 0 unspecified atom stereocenters. The Balaban J connectivity index is 0.000000409. The van der Waals surface area contributed by atoms with Gasteiger partial charge in [0.25, 0.3) is 0 Å². The third kappa shape index (κ3) is 9.92. The molecule has 0 amide bonds. The van der Waals surface area contributed by atoms with Gasteiger partial charge in [0, 0.05) is 16.8 Å². The number of nitrogens with zero attached hydrogens (tertiary/aromatic N) is 3. The maximum atomic E-state index is 11.7. The van der Waals surface area contributed by atoms with Crippen molar-refractivity contribution in [3.8, 4) is 11.5 Å². The zero-order valence-corrected chi connectivity index (χ0v) is 32.5. The van der Waals surface area contributed by atoms with E-state index in [1.807, 2.05) is 59.7 Å². The molecule has 1 aromatic heterocycles. The van der Waals surface area contributed by atoms with E-state index in [-0.39, 0.29) is 34.2 Å². The number of aryl methyl sites for hydroxylation is 2. The molecule has 0 saturated carbocycles. The summed E-state index contributed by atoms with van der Waals surface area (Å²) in [5.41, 5.74) is 11.5. The molecule has 0 aliphatic rings. The van der Waals surface area contributed by atoms with E-state index in [9.17, 15) is 15.0 Å². The minimum atomic E-state index is -1.28. The summed E-state index contributed by atoms with van der Waals surface area (Å²) in [6.45, 7) is 24.6. The summed E-state index contributed by atoms with van der Waals surface area (Å²) in [6, 6.07) is 20.3. The zero-order chi connectivity index (χ0) is 36.7. The second-order valence-electron chi connectivity index (χ2n) is 13.9. The van der Waals surface area contributed by atoms with Gasteiger partial charge in [0.2, 0.25) is 0 Å². The normalized spacial score (nSPS) is 11.9. The van der Waals surface area contributed by atoms with Crippen LogP contribution in [0.4, 0.5) is 11.4 Å². The van der Waals surface area contributed by atoms with Crippen LogP contribution in [0, 0.1) is 13.8 Å². The van der Waals surface area contributed by atoms with Gasteiger partial charge in [0.05, 0.1) is 39.7 Å². The maximum absolute atomic E-state index is 11.7. The number of benzene rings is 3. The minimum Gasteiger partial charge on any atom is -0.869 e. The van der Waals surface area contributed by atoms with E-state index in [0.717, 1.165) is 39.7 Å². The number of carbonyl (C=O) groups is 1. The van der Waals surface area contributed by atoms with Crippen LogP contribution in [0.15, 0.2) is 70.6 Å². The first-order valence-electron chi connectivity index (χ1n) is 17.0. The molecule has 0 aliphatic heterocycles. The van der Waals surface area contributed by atoms with Crippen molar-refractivity contribution in [2.75, 3.05) is 0 Å². The van der Waals surface area contributed by atoms with Gasteiger partial charge in [-0.3, -0.25) is 9.98 Å². The van der Waals surface area contributed by atoms with E-state index in [0.29, 0.717) is 17.4 Å². The van der Waals surface area contributed by atoms with Crippen LogP contribution < -0.4 is 5.11 Å². The molecule has 269 valence electrons. The van der Waals surface area contributed by atoms with Crippen molar-refractivity contribution in [2.24, 2.45) is 9.98 Å². The standard InChI is InChI=1S/C29H35N3.C13H18O4.Co/c1-18(2)24-14-9-12-20(5)28(24)30-22(7)26-16-11-17-27(32-26)23(8)31-29-21(6)13-10-15-25(29)19(3)4;1-6(2)8-5-9(14)12(15)11(13(16)17)10(8)7(3)4;/h9-19H,1-8H3;5-7,14-15H,1-4H3,(H,16,17);/p-1. The summed E-state index contributed by atoms with van der Waals surface area (Å²) in [4.78, 5) is 26.1. The number of carboxylic acids is 1. The Morgan fingerprint density at radius 1 is 0.680 bits per heavy atom. The van der Waals surface area contributed by atoms with Crippen molar-refractivity contribution in [2.45, 2.75) is 107 Å². The van der Waals surface area contributed by atoms with Crippen molar-refractivity contribution in [1.29, 1.82) is 0 Å². The van der Waals surface area contributed by atoms with Gasteiger partial charge >= 0.3 is 5.97 Å². The fourth-order valence-electron chi connectivity index (χ4n) is 5.89. The van der Waals surface area contributed by atoms with E-state index >= 15 is 0 Å². The summed E-state index contributed by atoms with van der Waals surface area (Å²) < 4.78 is 0. The smallest absolute Gasteiger partial charge is 0.335 e. The number of phenols is 1. The second kappa shape index (κ2) is 18.1. The number of phenolic OH excluding ortho intramolecular Hbond substituents is 1. The number of aromatic nitrogens is 1. The number of para-hydroxylation sites is 2. The largest absolute Gasteiger partial charge is 0.869 e. The predicted octanol–water partition coefficient (Wildman–Crippen LogP) is 10.6. The summed E-state index contributed by atoms with van der Waals surface area (Å²) in [5, 5.41) is 30.3. The molecule has 0 fully saturated rings. The SMILES string of the molecule is CC(=Nc1c(C)cccc1C(C)C)c1cccc(C(C)=Nc2c(C)cccc2C(C)C)n1.CC(C)c1cc(O)c([O-])c(C(=O)O)c1C(C)C.[Co]. The summed E-state index contributed by atoms with van der Waals surface area (Å²) in [6.07, 6.45) is 0. The molecule has 2 N–H and O–H groups in total. The van der Waals surface area contributed by atoms with Gasteiger partial charge < -0.3 is 15.3 Å². The average molecular weight is 722 g/mol. The van der Waals surface area contributed by atoms with Crippen LogP contribution in [0.1, 0.15) is 148 Å². The van der Waals surface area contributed by atoms with Gasteiger partial charge in [-0.05, 0) is 103 Å². The monoisotopic (exact) mass is 721 g/mol. The summed E-state index contributed by atoms with van der Waals surface area (Å²) >= 11 is 0. The molecule has 0 saturated heterocycles. The predicted molar refractivity (Wildman–Crippen MR) is 201 cm³/mol. The molecule has 50 heavy (non-hydrogen) atoms. The number of rotatable bonds is 9. The van der Waals surface area contributed by atoms with Crippen molar-refractivity contribution in [3.05, 3.63) is 111 Å². The number of aromatic hydroxyl groups is 1. The Kier molecular flexibility index (Phi) is 15.2. The van der Waals surface area contributed by atoms with Gasteiger partial charge in [-0.2, -0.15) is 0 Å². The zero-order valence-electron chi connectivity index (χ0n) is 31.5. The molecule has 0 atom stereocenters. The van der Waals surface area contributed by atoms with Crippen LogP contribution in [-0.4, -0.2) is 32.6 Å². The molecule has 4 aromatic rings. The first-order chi connectivity index (χ1) is 23.0. The molecule has 0 aliphatic carbocycles. The molecule has 4 rings (SSSR count). The molecular weight excluding hydrogens is 669 g/mol. The molecule has 1 heterocycles. The Morgan fingerprint density at radius 3 is 1.44 bits per heavy atom. The van der Waals surface area contributed by atoms with E-state index in [4.69, 9.17) is 20.1 Å². The molecule has 0 spiro atoms. The van der Waals surface area contributed by atoms with Crippen LogP contribution in [0.25, 0.3) is 0 Å². The van der Waals surface area contributed by atoms with E-state index in [1.165, 1.54) is 28.3 Å². The first kappa shape index (κ1) is 41.9. The van der Waals surface area contributed by atoms with Gasteiger partial charge in [0.1, 0.15) is 5.75 Å². The number of carboxylic acid groups (broad SMARTS) is 1. The van der Waals surface area contributed by atoms with Crippen molar-refractivity contribution >= 4 is 28.8 Å². The molecule has 8 heteroatoms. The Morgan fingerprint density at radius 2 is 1.08 bits per heavy atom.